The third kappa shape index (κ3) is 2.17. The third-order valence-electron chi connectivity index (χ3n) is 3.95. The molecule has 1 saturated heterocycles. The number of amides is 2. The quantitative estimate of drug-likeness (QED) is 0.538. The second-order valence-corrected chi connectivity index (χ2v) is 5.39. The van der Waals surface area contributed by atoms with Crippen LogP contribution in [-0.4, -0.2) is 34.6 Å². The number of rotatable bonds is 3. The standard InChI is InChI=1S/C14H14N2O6/c1-14-5-4-7(22-14)9(13(19)20)10(14)12(18)16-15-11(17)8-3-2-6-21-8/h2-7,9-10H,1H3,(H,15,17)(H,16,18)(H,19,20)/t7-,9+,10-,14+/m1/s1. The predicted octanol–water partition coefficient (Wildman–Crippen LogP) is 0.0849. The maximum atomic E-state index is 12.3. The SMILES string of the molecule is C[C@@]12C=C[C@@H](O1)[C@H](C(=O)O)[C@@H]2C(=O)NNC(=O)c1ccco1. The summed E-state index contributed by atoms with van der Waals surface area (Å²) in [5.41, 5.74) is 3.43. The molecule has 4 atom stereocenters. The molecule has 0 aliphatic carbocycles. The first-order valence-corrected chi connectivity index (χ1v) is 6.66. The van der Waals surface area contributed by atoms with E-state index in [1.807, 2.05) is 0 Å². The van der Waals surface area contributed by atoms with Crippen LogP contribution in [0.15, 0.2) is 35.0 Å². The molecule has 8 heteroatoms. The number of furan rings is 1. The number of hydrazine groups is 1. The van der Waals surface area contributed by atoms with Crippen LogP contribution < -0.4 is 10.9 Å². The van der Waals surface area contributed by atoms with Crippen molar-refractivity contribution in [3.05, 3.63) is 36.3 Å². The molecule has 22 heavy (non-hydrogen) atoms. The second-order valence-electron chi connectivity index (χ2n) is 5.39. The Hall–Kier alpha value is -2.61. The van der Waals surface area contributed by atoms with E-state index in [9.17, 15) is 19.5 Å². The molecular formula is C14H14N2O6. The maximum Gasteiger partial charge on any atom is 0.310 e. The Labute approximate surface area is 125 Å². The summed E-state index contributed by atoms with van der Waals surface area (Å²) >= 11 is 0. The predicted molar refractivity (Wildman–Crippen MR) is 71.4 cm³/mol. The maximum absolute atomic E-state index is 12.3. The molecule has 0 radical (unpaired) electrons. The van der Waals surface area contributed by atoms with Gasteiger partial charge in [-0.2, -0.15) is 0 Å². The lowest BCUT2D eigenvalue weighted by molar-refractivity contribution is -0.147. The van der Waals surface area contributed by atoms with E-state index < -0.39 is 41.3 Å². The molecule has 0 unspecified atom stereocenters. The zero-order valence-electron chi connectivity index (χ0n) is 11.6. The fraction of sp³-hybridized carbons (Fsp3) is 0.357. The van der Waals surface area contributed by atoms with Crippen molar-refractivity contribution in [2.75, 3.05) is 0 Å². The summed E-state index contributed by atoms with van der Waals surface area (Å²) in [6.07, 6.45) is 4.01. The number of carboxylic acids is 1. The van der Waals surface area contributed by atoms with Gasteiger partial charge in [0, 0.05) is 0 Å². The van der Waals surface area contributed by atoms with Gasteiger partial charge >= 0.3 is 11.9 Å². The van der Waals surface area contributed by atoms with Crippen LogP contribution in [0.5, 0.6) is 0 Å². The van der Waals surface area contributed by atoms with Gasteiger partial charge in [-0.1, -0.05) is 12.2 Å². The topological polar surface area (TPSA) is 118 Å². The fourth-order valence-electron chi connectivity index (χ4n) is 2.95. The van der Waals surface area contributed by atoms with Gasteiger partial charge in [0.2, 0.25) is 5.91 Å². The molecule has 8 nitrogen and oxygen atoms in total. The summed E-state index contributed by atoms with van der Waals surface area (Å²) in [6.45, 7) is 1.64. The van der Waals surface area contributed by atoms with Crippen molar-refractivity contribution in [1.82, 2.24) is 10.9 Å². The van der Waals surface area contributed by atoms with Crippen LogP contribution in [0, 0.1) is 11.8 Å². The lowest BCUT2D eigenvalue weighted by atomic mass is 9.76. The number of ether oxygens (including phenoxy) is 1. The molecule has 2 aliphatic rings. The van der Waals surface area contributed by atoms with Crippen LogP contribution in [-0.2, 0) is 14.3 Å². The molecule has 3 rings (SSSR count). The Balaban J connectivity index is 1.70. The number of nitrogens with one attached hydrogen (secondary N) is 2. The normalized spacial score (nSPS) is 32.0. The lowest BCUT2D eigenvalue weighted by Crippen LogP contribution is -2.52. The molecule has 0 spiro atoms. The Morgan fingerprint density at radius 2 is 2.09 bits per heavy atom. The largest absolute Gasteiger partial charge is 0.481 e. The zero-order chi connectivity index (χ0) is 15.9. The van der Waals surface area contributed by atoms with Gasteiger partial charge in [-0.25, -0.2) is 0 Å². The van der Waals surface area contributed by atoms with Crippen LogP contribution >= 0.6 is 0 Å². The number of hydrogen-bond acceptors (Lipinski definition) is 5. The molecule has 2 amide bonds. The Bertz CT molecular complexity index is 652. The molecule has 116 valence electrons. The lowest BCUT2D eigenvalue weighted by Gasteiger charge is -2.27. The number of carbonyl (C=O) groups is 3. The Morgan fingerprint density at radius 1 is 1.32 bits per heavy atom. The third-order valence-corrected chi connectivity index (χ3v) is 3.95. The molecular weight excluding hydrogens is 292 g/mol. The van der Waals surface area contributed by atoms with Crippen LogP contribution in [0.4, 0.5) is 0 Å². The highest BCUT2D eigenvalue weighted by atomic mass is 16.5. The van der Waals surface area contributed by atoms with E-state index in [1.165, 1.54) is 18.4 Å². The highest BCUT2D eigenvalue weighted by molar-refractivity contribution is 5.94. The highest BCUT2D eigenvalue weighted by Crippen LogP contribution is 2.46. The van der Waals surface area contributed by atoms with Gasteiger partial charge in [0.05, 0.1) is 23.9 Å². The van der Waals surface area contributed by atoms with E-state index in [2.05, 4.69) is 10.9 Å². The van der Waals surface area contributed by atoms with Gasteiger partial charge in [-0.15, -0.1) is 0 Å². The summed E-state index contributed by atoms with van der Waals surface area (Å²) in [4.78, 5) is 35.4. The zero-order valence-corrected chi connectivity index (χ0v) is 11.6. The first-order chi connectivity index (χ1) is 10.4. The second kappa shape index (κ2) is 4.99. The van der Waals surface area contributed by atoms with E-state index in [0.717, 1.165) is 0 Å². The average molecular weight is 306 g/mol. The van der Waals surface area contributed by atoms with E-state index >= 15 is 0 Å². The van der Waals surface area contributed by atoms with Crippen molar-refractivity contribution in [3.63, 3.8) is 0 Å². The molecule has 0 aromatic carbocycles. The summed E-state index contributed by atoms with van der Waals surface area (Å²) in [5, 5.41) is 9.30. The number of fused-ring (bicyclic) bond motifs is 2. The molecule has 3 heterocycles. The minimum Gasteiger partial charge on any atom is -0.481 e. The fourth-order valence-corrected chi connectivity index (χ4v) is 2.95. The number of hydrogen-bond donors (Lipinski definition) is 3. The molecule has 3 N–H and O–H groups in total. The van der Waals surface area contributed by atoms with Crippen molar-refractivity contribution < 1.29 is 28.6 Å². The molecule has 2 aliphatic heterocycles. The van der Waals surface area contributed by atoms with Gasteiger partial charge < -0.3 is 14.3 Å². The minimum atomic E-state index is -1.12. The molecule has 1 aromatic rings. The number of carbonyl (C=O) groups excluding carboxylic acids is 2. The molecule has 1 aromatic heterocycles. The van der Waals surface area contributed by atoms with Gasteiger partial charge in [0.1, 0.15) is 5.92 Å². The van der Waals surface area contributed by atoms with Crippen LogP contribution in [0.2, 0.25) is 0 Å². The van der Waals surface area contributed by atoms with Gasteiger partial charge in [-0.05, 0) is 19.1 Å². The first kappa shape index (κ1) is 14.3. The number of aliphatic carboxylic acids is 1. The van der Waals surface area contributed by atoms with Crippen LogP contribution in [0.1, 0.15) is 17.5 Å². The Morgan fingerprint density at radius 3 is 2.73 bits per heavy atom. The van der Waals surface area contributed by atoms with Crippen molar-refractivity contribution in [1.29, 1.82) is 0 Å². The van der Waals surface area contributed by atoms with Crippen molar-refractivity contribution in [2.45, 2.75) is 18.6 Å². The molecule has 2 bridgehead atoms. The first-order valence-electron chi connectivity index (χ1n) is 6.66. The summed E-state index contributed by atoms with van der Waals surface area (Å²) in [7, 11) is 0. The number of carboxylic acid groups (broad SMARTS) is 1. The van der Waals surface area contributed by atoms with E-state index in [1.54, 1.807) is 19.1 Å². The molecule has 0 saturated carbocycles. The van der Waals surface area contributed by atoms with Crippen molar-refractivity contribution in [3.8, 4) is 0 Å². The summed E-state index contributed by atoms with van der Waals surface area (Å²) < 4.78 is 10.5. The van der Waals surface area contributed by atoms with Crippen molar-refractivity contribution in [2.24, 2.45) is 11.8 Å². The van der Waals surface area contributed by atoms with E-state index in [4.69, 9.17) is 9.15 Å². The van der Waals surface area contributed by atoms with Gasteiger partial charge in [0.15, 0.2) is 5.76 Å². The highest BCUT2D eigenvalue weighted by Gasteiger charge is 2.59. The average Bonchev–Trinajstić information content (AvgIpc) is 3.16. The summed E-state index contributed by atoms with van der Waals surface area (Å²) in [6, 6.07) is 2.97. The van der Waals surface area contributed by atoms with E-state index in [0.29, 0.717) is 0 Å². The van der Waals surface area contributed by atoms with Crippen LogP contribution in [0.25, 0.3) is 0 Å². The monoisotopic (exact) mass is 306 g/mol. The minimum absolute atomic E-state index is 0.0328. The smallest absolute Gasteiger partial charge is 0.310 e. The Kier molecular flexibility index (Phi) is 3.25. The van der Waals surface area contributed by atoms with Gasteiger partial charge in [0.25, 0.3) is 0 Å². The van der Waals surface area contributed by atoms with Gasteiger partial charge in [-0.3, -0.25) is 25.2 Å². The van der Waals surface area contributed by atoms with E-state index in [-0.39, 0.29) is 5.76 Å². The molecule has 1 fully saturated rings. The van der Waals surface area contributed by atoms with Crippen LogP contribution in [0.3, 0.4) is 0 Å². The van der Waals surface area contributed by atoms with Crippen molar-refractivity contribution >= 4 is 17.8 Å². The summed E-state index contributed by atoms with van der Waals surface area (Å²) in [5.74, 6) is -4.26.